The van der Waals surface area contributed by atoms with Gasteiger partial charge in [-0.05, 0) is 18.6 Å². The van der Waals surface area contributed by atoms with E-state index < -0.39 is 17.7 Å². The molecule has 102 valence electrons. The van der Waals surface area contributed by atoms with Crippen molar-refractivity contribution in [3.05, 3.63) is 29.8 Å². The van der Waals surface area contributed by atoms with Gasteiger partial charge in [-0.25, -0.2) is 8.78 Å². The summed E-state index contributed by atoms with van der Waals surface area (Å²) in [5.74, 6) is -2.13. The minimum absolute atomic E-state index is 0.00125. The molecular formula is C13H14F2N2O2. The number of nitrogens with zero attached hydrogens (tertiary/aromatic N) is 1. The Morgan fingerprint density at radius 3 is 2.74 bits per heavy atom. The van der Waals surface area contributed by atoms with Crippen LogP contribution in [0.15, 0.2) is 18.2 Å². The molecule has 0 radical (unpaired) electrons. The van der Waals surface area contributed by atoms with Crippen LogP contribution in [0, 0.1) is 11.6 Å². The summed E-state index contributed by atoms with van der Waals surface area (Å²) in [5.41, 5.74) is 0.00125. The van der Waals surface area contributed by atoms with Crippen molar-refractivity contribution in [1.82, 2.24) is 5.32 Å². The highest BCUT2D eigenvalue weighted by Gasteiger charge is 2.30. The van der Waals surface area contributed by atoms with Crippen LogP contribution >= 0.6 is 0 Å². The summed E-state index contributed by atoms with van der Waals surface area (Å²) in [6.45, 7) is 1.84. The third-order valence-corrected chi connectivity index (χ3v) is 3.07. The van der Waals surface area contributed by atoms with Gasteiger partial charge >= 0.3 is 0 Å². The van der Waals surface area contributed by atoms with Gasteiger partial charge < -0.3 is 10.2 Å². The molecule has 2 rings (SSSR count). The number of anilines is 1. The normalized spacial score (nSPS) is 20.2. The maximum Gasteiger partial charge on any atom is 0.249 e. The molecule has 0 aromatic heterocycles. The van der Waals surface area contributed by atoms with Crippen molar-refractivity contribution in [3.8, 4) is 0 Å². The van der Waals surface area contributed by atoms with E-state index >= 15 is 0 Å². The fraction of sp³-hybridized carbons (Fsp3) is 0.385. The van der Waals surface area contributed by atoms with Crippen molar-refractivity contribution in [2.45, 2.75) is 25.8 Å². The van der Waals surface area contributed by atoms with Gasteiger partial charge in [0.25, 0.3) is 0 Å². The molecule has 1 saturated heterocycles. The van der Waals surface area contributed by atoms with E-state index in [1.165, 1.54) is 11.0 Å². The molecule has 1 aliphatic heterocycles. The first-order valence-electron chi connectivity index (χ1n) is 6.08. The Kier molecular flexibility index (Phi) is 3.78. The van der Waals surface area contributed by atoms with Crippen LogP contribution in [0.5, 0.6) is 0 Å². The summed E-state index contributed by atoms with van der Waals surface area (Å²) in [5, 5.41) is 2.58. The molecule has 0 bridgehead atoms. The monoisotopic (exact) mass is 268 g/mol. The van der Waals surface area contributed by atoms with Crippen molar-refractivity contribution in [2.75, 3.05) is 11.4 Å². The van der Waals surface area contributed by atoms with E-state index in [0.29, 0.717) is 6.42 Å². The topological polar surface area (TPSA) is 49.4 Å². The zero-order valence-corrected chi connectivity index (χ0v) is 10.5. The number of benzene rings is 1. The van der Waals surface area contributed by atoms with Gasteiger partial charge in [-0.3, -0.25) is 9.59 Å². The van der Waals surface area contributed by atoms with Gasteiger partial charge in [-0.1, -0.05) is 6.92 Å². The maximum absolute atomic E-state index is 13.7. The third kappa shape index (κ3) is 2.72. The predicted molar refractivity (Wildman–Crippen MR) is 65.5 cm³/mol. The molecule has 1 aromatic carbocycles. The van der Waals surface area contributed by atoms with Crippen molar-refractivity contribution in [3.63, 3.8) is 0 Å². The number of nitrogens with one attached hydrogen (secondary N) is 1. The van der Waals surface area contributed by atoms with Crippen LogP contribution in [0.1, 0.15) is 19.8 Å². The quantitative estimate of drug-likeness (QED) is 0.885. The van der Waals surface area contributed by atoms with Crippen molar-refractivity contribution < 1.29 is 18.4 Å². The SMILES string of the molecule is CCC1NC(=O)CCN(c2ccc(F)cc2F)C1=O. The first-order chi connectivity index (χ1) is 9.02. The molecule has 19 heavy (non-hydrogen) atoms. The molecule has 2 amide bonds. The molecule has 1 fully saturated rings. The number of carbonyl (C=O) groups is 2. The van der Waals surface area contributed by atoms with Gasteiger partial charge in [-0.15, -0.1) is 0 Å². The van der Waals surface area contributed by atoms with Gasteiger partial charge in [0, 0.05) is 19.0 Å². The summed E-state index contributed by atoms with van der Waals surface area (Å²) in [4.78, 5) is 24.9. The highest BCUT2D eigenvalue weighted by Crippen LogP contribution is 2.22. The minimum atomic E-state index is -0.808. The molecule has 6 heteroatoms. The van der Waals surface area contributed by atoms with Crippen LogP contribution in [0.2, 0.25) is 0 Å². The highest BCUT2D eigenvalue weighted by atomic mass is 19.1. The van der Waals surface area contributed by atoms with Gasteiger partial charge in [0.1, 0.15) is 17.7 Å². The van der Waals surface area contributed by atoms with Crippen LogP contribution in [-0.4, -0.2) is 24.4 Å². The molecule has 4 nitrogen and oxygen atoms in total. The Balaban J connectivity index is 2.36. The van der Waals surface area contributed by atoms with E-state index in [1.807, 2.05) is 0 Å². The lowest BCUT2D eigenvalue weighted by molar-refractivity contribution is -0.125. The summed E-state index contributed by atoms with van der Waals surface area (Å²) in [7, 11) is 0. The summed E-state index contributed by atoms with van der Waals surface area (Å²) >= 11 is 0. The molecular weight excluding hydrogens is 254 g/mol. The van der Waals surface area contributed by atoms with Gasteiger partial charge in [0.05, 0.1) is 5.69 Å². The number of carbonyl (C=O) groups excluding carboxylic acids is 2. The molecule has 0 spiro atoms. The minimum Gasteiger partial charge on any atom is -0.344 e. The number of rotatable bonds is 2. The second-order valence-corrected chi connectivity index (χ2v) is 4.36. The lowest BCUT2D eigenvalue weighted by Crippen LogP contribution is -2.44. The summed E-state index contributed by atoms with van der Waals surface area (Å²) in [6, 6.07) is 2.36. The fourth-order valence-electron chi connectivity index (χ4n) is 2.06. The second kappa shape index (κ2) is 5.34. The van der Waals surface area contributed by atoms with E-state index in [-0.39, 0.29) is 30.5 Å². The van der Waals surface area contributed by atoms with Crippen molar-refractivity contribution >= 4 is 17.5 Å². The number of halogens is 2. The van der Waals surface area contributed by atoms with Crippen LogP contribution in [0.25, 0.3) is 0 Å². The maximum atomic E-state index is 13.7. The first-order valence-corrected chi connectivity index (χ1v) is 6.08. The van der Waals surface area contributed by atoms with Crippen LogP contribution in [-0.2, 0) is 9.59 Å². The van der Waals surface area contributed by atoms with Crippen LogP contribution in [0.4, 0.5) is 14.5 Å². The van der Waals surface area contributed by atoms with E-state index in [2.05, 4.69) is 5.32 Å². The number of amides is 2. The summed E-state index contributed by atoms with van der Waals surface area (Å²) in [6.07, 6.45) is 0.517. The smallest absolute Gasteiger partial charge is 0.249 e. The standard InChI is InChI=1S/C13H14F2N2O2/c1-2-10-13(19)17(6-5-12(18)16-10)11-4-3-8(14)7-9(11)15/h3-4,7,10H,2,5-6H2,1H3,(H,16,18). The van der Waals surface area contributed by atoms with Gasteiger partial charge in [-0.2, -0.15) is 0 Å². The fourth-order valence-corrected chi connectivity index (χ4v) is 2.06. The average Bonchev–Trinajstić information content (AvgIpc) is 2.50. The Labute approximate surface area is 109 Å². The molecule has 0 aliphatic carbocycles. The Morgan fingerprint density at radius 2 is 2.11 bits per heavy atom. The zero-order valence-electron chi connectivity index (χ0n) is 10.5. The van der Waals surface area contributed by atoms with E-state index in [4.69, 9.17) is 0 Å². The van der Waals surface area contributed by atoms with E-state index in [1.54, 1.807) is 6.92 Å². The molecule has 1 aromatic rings. The summed E-state index contributed by atoms with van der Waals surface area (Å²) < 4.78 is 26.6. The largest absolute Gasteiger partial charge is 0.344 e. The van der Waals surface area contributed by atoms with Crippen molar-refractivity contribution in [2.24, 2.45) is 0 Å². The lowest BCUT2D eigenvalue weighted by Gasteiger charge is -2.23. The molecule has 1 heterocycles. The molecule has 1 N–H and O–H groups in total. The Morgan fingerprint density at radius 1 is 1.37 bits per heavy atom. The lowest BCUT2D eigenvalue weighted by atomic mass is 10.2. The first kappa shape index (κ1) is 13.5. The molecule has 1 atom stereocenters. The van der Waals surface area contributed by atoms with Crippen molar-refractivity contribution in [1.29, 1.82) is 0 Å². The Hall–Kier alpha value is -1.98. The molecule has 1 unspecified atom stereocenters. The predicted octanol–water partition coefficient (Wildman–Crippen LogP) is 1.60. The van der Waals surface area contributed by atoms with Gasteiger partial charge in [0.15, 0.2) is 0 Å². The molecule has 1 aliphatic rings. The van der Waals surface area contributed by atoms with Crippen LogP contribution < -0.4 is 10.2 Å². The molecule has 0 saturated carbocycles. The number of hydrogen-bond donors (Lipinski definition) is 1. The Bertz CT molecular complexity index is 519. The highest BCUT2D eigenvalue weighted by molar-refractivity contribution is 6.01. The number of hydrogen-bond acceptors (Lipinski definition) is 2. The second-order valence-electron chi connectivity index (χ2n) is 4.36. The van der Waals surface area contributed by atoms with Gasteiger partial charge in [0.2, 0.25) is 11.8 Å². The van der Waals surface area contributed by atoms with E-state index in [9.17, 15) is 18.4 Å². The third-order valence-electron chi connectivity index (χ3n) is 3.07. The zero-order chi connectivity index (χ0) is 14.0. The van der Waals surface area contributed by atoms with Crippen LogP contribution in [0.3, 0.4) is 0 Å². The van der Waals surface area contributed by atoms with E-state index in [0.717, 1.165) is 12.1 Å². The average molecular weight is 268 g/mol.